The summed E-state index contributed by atoms with van der Waals surface area (Å²) in [6.07, 6.45) is 1.76. The molecule has 0 amide bonds. The van der Waals surface area contributed by atoms with E-state index < -0.39 is 6.10 Å². The lowest BCUT2D eigenvalue weighted by Gasteiger charge is -2.15. The van der Waals surface area contributed by atoms with E-state index in [0.29, 0.717) is 16.3 Å². The highest BCUT2D eigenvalue weighted by molar-refractivity contribution is 6.31. The predicted molar refractivity (Wildman–Crippen MR) is 69.1 cm³/mol. The normalized spacial score (nSPS) is 12.4. The van der Waals surface area contributed by atoms with Gasteiger partial charge in [-0.3, -0.25) is 4.98 Å². The fourth-order valence-corrected chi connectivity index (χ4v) is 2.08. The number of aliphatic hydroxyl groups excluding tert-OH is 1. The molecule has 17 heavy (non-hydrogen) atoms. The maximum Gasteiger partial charge on any atom is 0.123 e. The van der Waals surface area contributed by atoms with E-state index in [2.05, 4.69) is 4.98 Å². The number of aliphatic hydroxyl groups is 1. The van der Waals surface area contributed by atoms with Crippen molar-refractivity contribution in [2.75, 3.05) is 0 Å². The molecule has 0 aliphatic rings. The van der Waals surface area contributed by atoms with Gasteiger partial charge in [0.25, 0.3) is 0 Å². The Morgan fingerprint density at radius 1 is 1.24 bits per heavy atom. The Hall–Kier alpha value is -1.38. The zero-order chi connectivity index (χ0) is 12.3. The van der Waals surface area contributed by atoms with Gasteiger partial charge in [-0.1, -0.05) is 42.8 Å². The Balaban J connectivity index is 2.44. The fraction of sp³-hybridized carbons (Fsp3) is 0.214. The molecule has 2 rings (SSSR count). The molecule has 0 aliphatic carbocycles. The molecule has 2 aromatic rings. The minimum absolute atomic E-state index is 0.563. The van der Waals surface area contributed by atoms with Gasteiger partial charge >= 0.3 is 0 Å². The zero-order valence-corrected chi connectivity index (χ0v) is 10.4. The van der Waals surface area contributed by atoms with Crippen LogP contribution in [0.5, 0.6) is 0 Å². The van der Waals surface area contributed by atoms with Crippen LogP contribution in [0.15, 0.2) is 42.6 Å². The monoisotopic (exact) mass is 247 g/mol. The third-order valence-electron chi connectivity index (χ3n) is 2.77. The van der Waals surface area contributed by atoms with E-state index >= 15 is 0 Å². The van der Waals surface area contributed by atoms with Gasteiger partial charge in [0.1, 0.15) is 6.10 Å². The number of pyridine rings is 1. The smallest absolute Gasteiger partial charge is 0.123 e. The minimum Gasteiger partial charge on any atom is -0.382 e. The molecule has 2 nitrogen and oxygen atoms in total. The Kier molecular flexibility index (Phi) is 3.77. The Bertz CT molecular complexity index is 513. The van der Waals surface area contributed by atoms with Crippen LogP contribution in [0.4, 0.5) is 0 Å². The summed E-state index contributed by atoms with van der Waals surface area (Å²) < 4.78 is 0. The van der Waals surface area contributed by atoms with Gasteiger partial charge in [-0.15, -0.1) is 0 Å². The van der Waals surface area contributed by atoms with Crippen molar-refractivity contribution in [3.8, 4) is 0 Å². The molecule has 0 aliphatic heterocycles. The molecule has 3 heteroatoms. The maximum absolute atomic E-state index is 10.3. The van der Waals surface area contributed by atoms with Crippen LogP contribution in [0.2, 0.25) is 5.02 Å². The van der Waals surface area contributed by atoms with E-state index in [1.807, 2.05) is 37.3 Å². The number of hydrogen-bond acceptors (Lipinski definition) is 2. The van der Waals surface area contributed by atoms with Crippen LogP contribution in [-0.2, 0) is 6.42 Å². The molecular weight excluding hydrogens is 234 g/mol. The second kappa shape index (κ2) is 5.30. The summed E-state index contributed by atoms with van der Waals surface area (Å²) in [7, 11) is 0. The first-order valence-corrected chi connectivity index (χ1v) is 5.98. The van der Waals surface area contributed by atoms with Crippen LogP contribution < -0.4 is 0 Å². The van der Waals surface area contributed by atoms with Crippen molar-refractivity contribution < 1.29 is 5.11 Å². The molecule has 88 valence electrons. The summed E-state index contributed by atoms with van der Waals surface area (Å²) in [5, 5.41) is 10.9. The molecule has 1 aromatic heterocycles. The molecular formula is C14H14ClNO. The molecule has 0 fully saturated rings. The second-order valence-corrected chi connectivity index (χ2v) is 4.23. The van der Waals surface area contributed by atoms with Gasteiger partial charge in [-0.2, -0.15) is 0 Å². The first-order chi connectivity index (χ1) is 8.24. The van der Waals surface area contributed by atoms with Crippen molar-refractivity contribution in [3.05, 3.63) is 64.4 Å². The molecule has 0 radical (unpaired) electrons. The highest BCUT2D eigenvalue weighted by Gasteiger charge is 2.17. The Morgan fingerprint density at radius 3 is 2.71 bits per heavy atom. The van der Waals surface area contributed by atoms with Gasteiger partial charge < -0.3 is 5.11 Å². The minimum atomic E-state index is -0.764. The predicted octanol–water partition coefficient (Wildman–Crippen LogP) is 3.38. The molecule has 0 bridgehead atoms. The average molecular weight is 248 g/mol. The molecule has 0 spiro atoms. The lowest BCUT2D eigenvalue weighted by atomic mass is 10.0. The Morgan fingerprint density at radius 2 is 2.00 bits per heavy atom. The van der Waals surface area contributed by atoms with E-state index in [4.69, 9.17) is 11.6 Å². The summed E-state index contributed by atoms with van der Waals surface area (Å²) >= 11 is 6.08. The highest BCUT2D eigenvalue weighted by atomic mass is 35.5. The number of rotatable bonds is 3. The molecule has 1 aromatic carbocycles. The number of aryl methyl sites for hydroxylation is 1. The van der Waals surface area contributed by atoms with E-state index in [-0.39, 0.29) is 0 Å². The average Bonchev–Trinajstić information content (AvgIpc) is 2.38. The van der Waals surface area contributed by atoms with Crippen molar-refractivity contribution >= 4 is 11.6 Å². The summed E-state index contributed by atoms with van der Waals surface area (Å²) in [4.78, 5) is 4.26. The van der Waals surface area contributed by atoms with E-state index in [1.54, 1.807) is 12.3 Å². The van der Waals surface area contributed by atoms with Gasteiger partial charge in [-0.05, 0) is 24.1 Å². The second-order valence-electron chi connectivity index (χ2n) is 3.83. The SMILES string of the molecule is CCc1cccnc1C(O)c1ccccc1Cl. The van der Waals surface area contributed by atoms with E-state index in [9.17, 15) is 5.11 Å². The van der Waals surface area contributed by atoms with Gasteiger partial charge in [-0.25, -0.2) is 0 Å². The largest absolute Gasteiger partial charge is 0.382 e. The topological polar surface area (TPSA) is 33.1 Å². The molecule has 1 atom stereocenters. The van der Waals surface area contributed by atoms with Crippen molar-refractivity contribution in [2.45, 2.75) is 19.4 Å². The molecule has 1 N–H and O–H groups in total. The lowest BCUT2D eigenvalue weighted by molar-refractivity contribution is 0.214. The number of halogens is 1. The molecule has 0 saturated heterocycles. The zero-order valence-electron chi connectivity index (χ0n) is 9.60. The maximum atomic E-state index is 10.3. The standard InChI is InChI=1S/C14H14ClNO/c1-2-10-6-5-9-16-13(10)14(17)11-7-3-4-8-12(11)15/h3-9,14,17H,2H2,1H3. The van der Waals surface area contributed by atoms with Crippen LogP contribution in [0.1, 0.15) is 29.8 Å². The van der Waals surface area contributed by atoms with Crippen molar-refractivity contribution in [3.63, 3.8) is 0 Å². The molecule has 1 unspecified atom stereocenters. The first kappa shape index (κ1) is 12.1. The van der Waals surface area contributed by atoms with Gasteiger partial charge in [0.2, 0.25) is 0 Å². The van der Waals surface area contributed by atoms with Crippen LogP contribution in [0, 0.1) is 0 Å². The van der Waals surface area contributed by atoms with Crippen molar-refractivity contribution in [1.29, 1.82) is 0 Å². The third kappa shape index (κ3) is 2.48. The third-order valence-corrected chi connectivity index (χ3v) is 3.11. The summed E-state index contributed by atoms with van der Waals surface area (Å²) in [6.45, 7) is 2.04. The summed E-state index contributed by atoms with van der Waals surface area (Å²) in [6, 6.07) is 11.1. The molecule has 0 saturated carbocycles. The van der Waals surface area contributed by atoms with Crippen LogP contribution in [0.25, 0.3) is 0 Å². The summed E-state index contributed by atoms with van der Waals surface area (Å²) in [5.41, 5.74) is 2.42. The van der Waals surface area contributed by atoms with E-state index in [1.165, 1.54) is 0 Å². The van der Waals surface area contributed by atoms with Gasteiger partial charge in [0.15, 0.2) is 0 Å². The number of hydrogen-bond donors (Lipinski definition) is 1. The van der Waals surface area contributed by atoms with Gasteiger partial charge in [0.05, 0.1) is 5.69 Å². The van der Waals surface area contributed by atoms with Gasteiger partial charge in [0, 0.05) is 16.8 Å². The number of nitrogens with zero attached hydrogens (tertiary/aromatic N) is 1. The summed E-state index contributed by atoms with van der Waals surface area (Å²) in [5.74, 6) is 0. The highest BCUT2D eigenvalue weighted by Crippen LogP contribution is 2.28. The fourth-order valence-electron chi connectivity index (χ4n) is 1.84. The quantitative estimate of drug-likeness (QED) is 0.902. The first-order valence-electron chi connectivity index (χ1n) is 5.60. The van der Waals surface area contributed by atoms with Crippen LogP contribution in [0.3, 0.4) is 0 Å². The van der Waals surface area contributed by atoms with Crippen LogP contribution >= 0.6 is 11.6 Å². The Labute approximate surface area is 106 Å². The lowest BCUT2D eigenvalue weighted by Crippen LogP contribution is -2.06. The number of aromatic nitrogens is 1. The van der Waals surface area contributed by atoms with E-state index in [0.717, 1.165) is 12.0 Å². The van der Waals surface area contributed by atoms with Crippen molar-refractivity contribution in [2.24, 2.45) is 0 Å². The van der Waals surface area contributed by atoms with Crippen LogP contribution in [-0.4, -0.2) is 10.1 Å². The number of benzene rings is 1. The molecule has 1 heterocycles. The van der Waals surface area contributed by atoms with Crippen molar-refractivity contribution in [1.82, 2.24) is 4.98 Å².